The van der Waals surface area contributed by atoms with E-state index in [2.05, 4.69) is 13.8 Å². The average Bonchev–Trinajstić information content (AvgIpc) is 2.71. The van der Waals surface area contributed by atoms with Crippen LogP contribution in [0, 0.1) is 0 Å². The van der Waals surface area contributed by atoms with Gasteiger partial charge < -0.3 is 0 Å². The maximum absolute atomic E-state index is 12.8. The van der Waals surface area contributed by atoms with Crippen molar-refractivity contribution in [3.63, 3.8) is 0 Å². The van der Waals surface area contributed by atoms with Crippen molar-refractivity contribution in [2.45, 2.75) is 48.4 Å². The number of nitrogens with two attached hydrogens (primary N) is 2. The Labute approximate surface area is 177 Å². The summed E-state index contributed by atoms with van der Waals surface area (Å²) in [6.07, 6.45) is 3.57. The molecule has 0 aromatic heterocycles. The van der Waals surface area contributed by atoms with Crippen LogP contribution < -0.4 is 11.5 Å². The summed E-state index contributed by atoms with van der Waals surface area (Å²) < 4.78 is 13.4. The van der Waals surface area contributed by atoms with Gasteiger partial charge in [-0.15, -0.1) is 0 Å². The predicted octanol–water partition coefficient (Wildman–Crippen LogP) is 4.91. The summed E-state index contributed by atoms with van der Waals surface area (Å²) in [6, 6.07) is 13.2. The zero-order valence-corrected chi connectivity index (χ0v) is 20.0. The third-order valence-corrected chi connectivity index (χ3v) is 14.2. The molecule has 0 unspecified atom stereocenters. The third-order valence-electron chi connectivity index (χ3n) is 4.67. The van der Waals surface area contributed by atoms with Gasteiger partial charge in [-0.05, 0) is 0 Å². The van der Waals surface area contributed by atoms with Gasteiger partial charge in [0.25, 0.3) is 0 Å². The Hall–Kier alpha value is -2.22. The van der Waals surface area contributed by atoms with Crippen molar-refractivity contribution in [1.29, 1.82) is 0 Å². The molecule has 0 atom stereocenters. The van der Waals surface area contributed by atoms with Gasteiger partial charge in [0.2, 0.25) is 0 Å². The fraction of sp³-hybridized carbons (Fsp3) is 0.364. The zero-order valence-electron chi connectivity index (χ0n) is 17.1. The second-order valence-corrected chi connectivity index (χ2v) is 16.4. The average molecular weight is 505 g/mol. The molecule has 0 saturated heterocycles. The Morgan fingerprint density at radius 3 is 1.38 bits per heavy atom. The van der Waals surface area contributed by atoms with Crippen molar-refractivity contribution in [2.75, 3.05) is 11.5 Å². The standard InChI is InChI=1S/2C7H7NO2.2C4H9.Sn/c2*8-6-3-1-5(2-4-6)7(9)10;2*1-3-4-2;/h2*1-4H,8H2,(H,9,10);2*1,3-4H2,2H3;/q;;;;+2/p-2. The minimum atomic E-state index is -4.04. The van der Waals surface area contributed by atoms with Crippen molar-refractivity contribution in [2.24, 2.45) is 0 Å². The molecule has 156 valence electrons. The van der Waals surface area contributed by atoms with E-state index < -0.39 is 31.1 Å². The fourth-order valence-corrected chi connectivity index (χ4v) is 12.6. The van der Waals surface area contributed by atoms with E-state index in [0.717, 1.165) is 25.7 Å². The summed E-state index contributed by atoms with van der Waals surface area (Å²) in [5.74, 6) is -0.892. The van der Waals surface area contributed by atoms with Crippen LogP contribution in [0.5, 0.6) is 0 Å². The molecule has 0 spiro atoms. The fourth-order valence-electron chi connectivity index (χ4n) is 2.94. The number of nitrogen functional groups attached to an aromatic ring is 2. The summed E-state index contributed by atoms with van der Waals surface area (Å²) in [5.41, 5.74) is 13.4. The topological polar surface area (TPSA) is 105 Å². The first-order chi connectivity index (χ1) is 13.9. The van der Waals surface area contributed by atoms with E-state index in [4.69, 9.17) is 17.6 Å². The molecule has 2 aromatic carbocycles. The summed E-state index contributed by atoms with van der Waals surface area (Å²) in [4.78, 5) is 25.7. The first kappa shape index (κ1) is 23.1. The Kier molecular flexibility index (Phi) is 8.82. The Morgan fingerprint density at radius 2 is 1.07 bits per heavy atom. The van der Waals surface area contributed by atoms with Crippen LogP contribution in [0.3, 0.4) is 0 Å². The molecule has 0 amide bonds. The van der Waals surface area contributed by atoms with Crippen LogP contribution in [-0.2, 0) is 6.15 Å². The minimum absolute atomic E-state index is 0.414. The van der Waals surface area contributed by atoms with Crippen molar-refractivity contribution in [1.82, 2.24) is 0 Å². The number of benzene rings is 2. The quantitative estimate of drug-likeness (QED) is 0.352. The Balaban J connectivity index is 2.28. The van der Waals surface area contributed by atoms with Gasteiger partial charge in [0, 0.05) is 0 Å². The van der Waals surface area contributed by atoms with Crippen LogP contribution in [0.2, 0.25) is 8.87 Å². The van der Waals surface area contributed by atoms with E-state index in [1.165, 1.54) is 0 Å². The molecule has 0 aliphatic heterocycles. The van der Waals surface area contributed by atoms with Gasteiger partial charge in [-0.2, -0.15) is 0 Å². The molecular formula is C22H30N2O4Sn. The first-order valence-corrected chi connectivity index (χ1v) is 16.4. The van der Waals surface area contributed by atoms with Crippen molar-refractivity contribution >= 4 is 42.5 Å². The van der Waals surface area contributed by atoms with Crippen LogP contribution in [0.25, 0.3) is 0 Å². The molecule has 2 rings (SSSR count). The van der Waals surface area contributed by atoms with Crippen molar-refractivity contribution in [3.8, 4) is 0 Å². The molecule has 0 heterocycles. The molecule has 7 heteroatoms. The Morgan fingerprint density at radius 1 is 0.724 bits per heavy atom. The molecule has 0 fully saturated rings. The van der Waals surface area contributed by atoms with Crippen LogP contribution >= 0.6 is 0 Å². The first-order valence-electron chi connectivity index (χ1n) is 10.1. The maximum atomic E-state index is 12.8. The molecule has 2 aromatic rings. The van der Waals surface area contributed by atoms with Gasteiger partial charge in [0.1, 0.15) is 0 Å². The second kappa shape index (κ2) is 11.1. The van der Waals surface area contributed by atoms with Crippen LogP contribution in [0.1, 0.15) is 60.2 Å². The molecule has 0 radical (unpaired) electrons. The van der Waals surface area contributed by atoms with Crippen molar-refractivity contribution in [3.05, 3.63) is 59.7 Å². The molecule has 4 N–H and O–H groups in total. The van der Waals surface area contributed by atoms with E-state index in [1.54, 1.807) is 48.5 Å². The number of hydrogen-bond acceptors (Lipinski definition) is 6. The van der Waals surface area contributed by atoms with Gasteiger partial charge in [0.05, 0.1) is 0 Å². The number of anilines is 2. The molecular weight excluding hydrogens is 475 g/mol. The van der Waals surface area contributed by atoms with E-state index in [0.29, 0.717) is 31.4 Å². The number of rotatable bonds is 10. The van der Waals surface area contributed by atoms with E-state index >= 15 is 0 Å². The van der Waals surface area contributed by atoms with E-state index in [9.17, 15) is 9.59 Å². The third kappa shape index (κ3) is 6.96. The van der Waals surface area contributed by atoms with Gasteiger partial charge in [-0.25, -0.2) is 0 Å². The van der Waals surface area contributed by atoms with E-state index in [1.807, 2.05) is 0 Å². The molecule has 0 aliphatic carbocycles. The van der Waals surface area contributed by atoms with Gasteiger partial charge in [-0.1, -0.05) is 0 Å². The normalized spacial score (nSPS) is 11.1. The zero-order chi connectivity index (χ0) is 21.3. The van der Waals surface area contributed by atoms with Crippen LogP contribution in [-0.4, -0.2) is 31.1 Å². The Bertz CT molecular complexity index is 737. The predicted molar refractivity (Wildman–Crippen MR) is 118 cm³/mol. The molecule has 6 nitrogen and oxygen atoms in total. The van der Waals surface area contributed by atoms with Crippen LogP contribution in [0.15, 0.2) is 48.5 Å². The monoisotopic (exact) mass is 506 g/mol. The molecule has 0 bridgehead atoms. The summed E-state index contributed by atoms with van der Waals surface area (Å²) in [5, 5.41) is 0. The van der Waals surface area contributed by atoms with Crippen LogP contribution in [0.4, 0.5) is 11.4 Å². The summed E-state index contributed by atoms with van der Waals surface area (Å²) >= 11 is -4.04. The van der Waals surface area contributed by atoms with Gasteiger partial charge in [-0.3, -0.25) is 0 Å². The van der Waals surface area contributed by atoms with Gasteiger partial charge in [0.15, 0.2) is 0 Å². The summed E-state index contributed by atoms with van der Waals surface area (Å²) in [6.45, 7) is 4.14. The SMILES string of the molecule is CCC[CH2][Sn]([CH2]CCC)([O]C(=O)c1ccc(N)cc1)[O]C(=O)c1ccc(N)cc1. The van der Waals surface area contributed by atoms with E-state index in [-0.39, 0.29) is 0 Å². The summed E-state index contributed by atoms with van der Waals surface area (Å²) in [7, 11) is 0. The number of carbonyl (C=O) groups excluding carboxylic acids is 2. The number of hydrogen-bond donors (Lipinski definition) is 2. The molecule has 29 heavy (non-hydrogen) atoms. The molecule has 0 aliphatic rings. The number of carbonyl (C=O) groups is 2. The van der Waals surface area contributed by atoms with Crippen molar-refractivity contribution < 1.29 is 15.7 Å². The molecule has 0 saturated carbocycles. The number of unbranched alkanes of at least 4 members (excludes halogenated alkanes) is 2. The van der Waals surface area contributed by atoms with Gasteiger partial charge >= 0.3 is 178 Å². The second-order valence-electron chi connectivity index (χ2n) is 7.14.